The van der Waals surface area contributed by atoms with Gasteiger partial charge >= 0.3 is 0 Å². The van der Waals surface area contributed by atoms with Crippen molar-refractivity contribution in [1.82, 2.24) is 19.7 Å². The molecule has 0 bridgehead atoms. The van der Waals surface area contributed by atoms with Crippen molar-refractivity contribution in [2.24, 2.45) is 7.05 Å². The van der Waals surface area contributed by atoms with Crippen LogP contribution in [0.4, 0.5) is 0 Å². The second-order valence-corrected chi connectivity index (χ2v) is 4.20. The van der Waals surface area contributed by atoms with Crippen LogP contribution in [-0.4, -0.2) is 19.7 Å². The lowest BCUT2D eigenvalue weighted by Crippen LogP contribution is -1.93. The molecular formula is C12H10N4OS. The zero-order chi connectivity index (χ0) is 12.5. The number of rotatable bonds is 2. The molecule has 5 nitrogen and oxygen atoms in total. The van der Waals surface area contributed by atoms with Crippen molar-refractivity contribution in [3.05, 3.63) is 36.7 Å². The third kappa shape index (κ3) is 1.80. The molecule has 2 aromatic heterocycles. The lowest BCUT2D eigenvalue weighted by atomic mass is 10.1. The van der Waals surface area contributed by atoms with Gasteiger partial charge in [-0.1, -0.05) is 12.1 Å². The second kappa shape index (κ2) is 4.30. The summed E-state index contributed by atoms with van der Waals surface area (Å²) in [5.41, 5.74) is 1.90. The zero-order valence-corrected chi connectivity index (χ0v) is 10.5. The van der Waals surface area contributed by atoms with E-state index in [2.05, 4.69) is 27.8 Å². The SMILES string of the molecule is Cn1c(S)nnc1-c1ccc(-c2ncco2)cc1. The Bertz CT molecular complexity index is 658. The largest absolute Gasteiger partial charge is 0.445 e. The molecule has 0 saturated heterocycles. The van der Waals surface area contributed by atoms with Crippen LogP contribution in [0.3, 0.4) is 0 Å². The Hall–Kier alpha value is -2.08. The van der Waals surface area contributed by atoms with E-state index in [1.165, 1.54) is 0 Å². The Labute approximate surface area is 109 Å². The minimum atomic E-state index is 0.585. The molecule has 2 heterocycles. The van der Waals surface area contributed by atoms with Crippen molar-refractivity contribution >= 4 is 12.6 Å². The highest BCUT2D eigenvalue weighted by Crippen LogP contribution is 2.23. The summed E-state index contributed by atoms with van der Waals surface area (Å²) in [5, 5.41) is 8.57. The molecule has 18 heavy (non-hydrogen) atoms. The highest BCUT2D eigenvalue weighted by molar-refractivity contribution is 7.80. The van der Waals surface area contributed by atoms with Gasteiger partial charge in [0.2, 0.25) is 5.89 Å². The monoisotopic (exact) mass is 258 g/mol. The molecule has 90 valence electrons. The van der Waals surface area contributed by atoms with Gasteiger partial charge in [-0.15, -0.1) is 22.8 Å². The summed E-state index contributed by atoms with van der Waals surface area (Å²) in [6, 6.07) is 7.79. The molecule has 3 rings (SSSR count). The fourth-order valence-electron chi connectivity index (χ4n) is 1.70. The maximum atomic E-state index is 5.24. The number of oxazole rings is 1. The molecule has 1 aromatic carbocycles. The molecule has 0 aliphatic heterocycles. The average Bonchev–Trinajstić information content (AvgIpc) is 3.02. The normalized spacial score (nSPS) is 10.8. The molecular weight excluding hydrogens is 248 g/mol. The molecule has 3 aromatic rings. The Balaban J connectivity index is 1.99. The van der Waals surface area contributed by atoms with Gasteiger partial charge in [0.15, 0.2) is 11.0 Å². The van der Waals surface area contributed by atoms with Crippen LogP contribution in [0.5, 0.6) is 0 Å². The summed E-state index contributed by atoms with van der Waals surface area (Å²) >= 11 is 4.20. The fraction of sp³-hybridized carbons (Fsp3) is 0.0833. The van der Waals surface area contributed by atoms with E-state index in [0.29, 0.717) is 11.0 Å². The van der Waals surface area contributed by atoms with Crippen molar-refractivity contribution in [2.45, 2.75) is 5.16 Å². The van der Waals surface area contributed by atoms with E-state index in [1.807, 2.05) is 35.9 Å². The number of nitrogens with zero attached hydrogens (tertiary/aromatic N) is 4. The molecule has 0 spiro atoms. The van der Waals surface area contributed by atoms with Crippen LogP contribution >= 0.6 is 12.6 Å². The molecule has 0 aliphatic rings. The second-order valence-electron chi connectivity index (χ2n) is 3.80. The summed E-state index contributed by atoms with van der Waals surface area (Å²) < 4.78 is 7.06. The number of hydrogen-bond acceptors (Lipinski definition) is 5. The lowest BCUT2D eigenvalue weighted by Gasteiger charge is -2.02. The summed E-state index contributed by atoms with van der Waals surface area (Å²) in [5.74, 6) is 1.38. The molecule has 0 fully saturated rings. The van der Waals surface area contributed by atoms with E-state index in [1.54, 1.807) is 12.5 Å². The third-order valence-electron chi connectivity index (χ3n) is 2.67. The van der Waals surface area contributed by atoms with Gasteiger partial charge in [0.05, 0.1) is 6.20 Å². The van der Waals surface area contributed by atoms with Gasteiger partial charge < -0.3 is 8.98 Å². The van der Waals surface area contributed by atoms with Gasteiger partial charge in [-0.3, -0.25) is 0 Å². The van der Waals surface area contributed by atoms with Crippen LogP contribution in [0.15, 0.2) is 46.3 Å². The predicted molar refractivity (Wildman–Crippen MR) is 69.2 cm³/mol. The first-order valence-electron chi connectivity index (χ1n) is 5.34. The summed E-state index contributed by atoms with van der Waals surface area (Å²) in [4.78, 5) is 4.10. The third-order valence-corrected chi connectivity index (χ3v) is 3.06. The first kappa shape index (κ1) is 11.0. The Kier molecular flexibility index (Phi) is 2.64. The molecule has 0 unspecified atom stereocenters. The average molecular weight is 258 g/mol. The molecule has 0 N–H and O–H groups in total. The van der Waals surface area contributed by atoms with Crippen LogP contribution in [-0.2, 0) is 7.05 Å². The molecule has 0 atom stereocenters. The van der Waals surface area contributed by atoms with E-state index in [4.69, 9.17) is 4.42 Å². The standard InChI is InChI=1S/C12H10N4OS/c1-16-10(14-15-12(16)18)8-2-4-9(5-3-8)11-13-6-7-17-11/h2-7H,1H3,(H,15,18). The van der Waals surface area contributed by atoms with Crippen molar-refractivity contribution in [3.8, 4) is 22.8 Å². The number of benzene rings is 1. The zero-order valence-electron chi connectivity index (χ0n) is 9.61. The van der Waals surface area contributed by atoms with Crippen LogP contribution in [0.25, 0.3) is 22.8 Å². The van der Waals surface area contributed by atoms with E-state index in [0.717, 1.165) is 17.0 Å². The summed E-state index contributed by atoms with van der Waals surface area (Å²) in [7, 11) is 1.87. The van der Waals surface area contributed by atoms with Crippen LogP contribution < -0.4 is 0 Å². The first-order chi connectivity index (χ1) is 8.75. The first-order valence-corrected chi connectivity index (χ1v) is 5.79. The van der Waals surface area contributed by atoms with E-state index < -0.39 is 0 Å². The number of hydrogen-bond donors (Lipinski definition) is 1. The molecule has 0 radical (unpaired) electrons. The van der Waals surface area contributed by atoms with Crippen LogP contribution in [0, 0.1) is 0 Å². The number of thiol groups is 1. The quantitative estimate of drug-likeness (QED) is 0.717. The van der Waals surface area contributed by atoms with Crippen molar-refractivity contribution in [1.29, 1.82) is 0 Å². The van der Waals surface area contributed by atoms with Gasteiger partial charge in [0.1, 0.15) is 6.26 Å². The van der Waals surface area contributed by atoms with E-state index >= 15 is 0 Å². The number of aromatic nitrogens is 4. The van der Waals surface area contributed by atoms with Gasteiger partial charge in [0, 0.05) is 18.2 Å². The lowest BCUT2D eigenvalue weighted by molar-refractivity contribution is 0.574. The maximum Gasteiger partial charge on any atom is 0.225 e. The van der Waals surface area contributed by atoms with Crippen LogP contribution in [0.2, 0.25) is 0 Å². The fourth-order valence-corrected chi connectivity index (χ4v) is 1.84. The minimum Gasteiger partial charge on any atom is -0.445 e. The van der Waals surface area contributed by atoms with Gasteiger partial charge in [0.25, 0.3) is 0 Å². The predicted octanol–water partition coefficient (Wildman–Crippen LogP) is 2.43. The van der Waals surface area contributed by atoms with Gasteiger partial charge in [-0.05, 0) is 12.1 Å². The van der Waals surface area contributed by atoms with Gasteiger partial charge in [-0.2, -0.15) is 0 Å². The molecule has 0 amide bonds. The molecule has 6 heteroatoms. The highest BCUT2D eigenvalue weighted by Gasteiger charge is 2.09. The van der Waals surface area contributed by atoms with Crippen molar-refractivity contribution in [3.63, 3.8) is 0 Å². The summed E-state index contributed by atoms with van der Waals surface area (Å²) in [6.07, 6.45) is 3.18. The van der Waals surface area contributed by atoms with Gasteiger partial charge in [-0.25, -0.2) is 4.98 Å². The smallest absolute Gasteiger partial charge is 0.225 e. The van der Waals surface area contributed by atoms with Crippen molar-refractivity contribution in [2.75, 3.05) is 0 Å². The Morgan fingerprint density at radius 2 is 1.83 bits per heavy atom. The van der Waals surface area contributed by atoms with E-state index in [9.17, 15) is 0 Å². The van der Waals surface area contributed by atoms with E-state index in [-0.39, 0.29) is 0 Å². The summed E-state index contributed by atoms with van der Waals surface area (Å²) in [6.45, 7) is 0. The minimum absolute atomic E-state index is 0.585. The maximum absolute atomic E-state index is 5.24. The molecule has 0 saturated carbocycles. The van der Waals surface area contributed by atoms with Crippen LogP contribution in [0.1, 0.15) is 0 Å². The Morgan fingerprint density at radius 3 is 2.39 bits per heavy atom. The topological polar surface area (TPSA) is 56.7 Å². The van der Waals surface area contributed by atoms with Crippen molar-refractivity contribution < 1.29 is 4.42 Å². The highest BCUT2D eigenvalue weighted by atomic mass is 32.1. The molecule has 0 aliphatic carbocycles. The Morgan fingerprint density at radius 1 is 1.11 bits per heavy atom.